The number of carbonyl (C=O) groups is 1. The number of hydrogen-bond acceptors (Lipinski definition) is 4. The predicted molar refractivity (Wildman–Crippen MR) is 81.7 cm³/mol. The molecule has 0 bridgehead atoms. The van der Waals surface area contributed by atoms with E-state index in [9.17, 15) is 9.59 Å². The number of hydrogen-bond donors (Lipinski definition) is 1. The van der Waals surface area contributed by atoms with Crippen LogP contribution in [0.3, 0.4) is 0 Å². The SMILES string of the molecule is O=C(NCc1ccc(Cl)cc1)c1noc2cc[c-]cc2c1=O.[Y]. The fraction of sp³-hybridized carbons (Fsp3) is 0.0625. The molecule has 0 spiro atoms. The third-order valence-electron chi connectivity index (χ3n) is 3.10. The van der Waals surface area contributed by atoms with Crippen molar-refractivity contribution >= 4 is 28.5 Å². The van der Waals surface area contributed by atoms with Gasteiger partial charge in [0.05, 0.1) is 5.58 Å². The van der Waals surface area contributed by atoms with E-state index in [1.807, 2.05) is 0 Å². The van der Waals surface area contributed by atoms with Gasteiger partial charge in [0.25, 0.3) is 5.91 Å². The fourth-order valence-electron chi connectivity index (χ4n) is 1.95. The Morgan fingerprint density at radius 2 is 2.00 bits per heavy atom. The zero-order valence-corrected chi connectivity index (χ0v) is 15.5. The van der Waals surface area contributed by atoms with Gasteiger partial charge in [0.1, 0.15) is 0 Å². The van der Waals surface area contributed by atoms with Gasteiger partial charge in [-0.25, -0.2) is 0 Å². The molecule has 0 unspecified atom stereocenters. The standard InChI is InChI=1S/C16H10ClN2O3.Y/c17-11-7-5-10(6-8-11)9-18-16(21)14-15(20)12-3-1-2-4-13(12)22-19-14;/h2-8H,9H2,(H,18,21);/q-1;. The Bertz CT molecular complexity index is 894. The van der Waals surface area contributed by atoms with Gasteiger partial charge in [-0.05, 0) is 23.1 Å². The molecule has 5 nitrogen and oxygen atoms in total. The van der Waals surface area contributed by atoms with E-state index in [1.54, 1.807) is 36.4 Å². The van der Waals surface area contributed by atoms with Crippen molar-refractivity contribution in [2.24, 2.45) is 0 Å². The minimum absolute atomic E-state index is 0. The maximum absolute atomic E-state index is 12.2. The van der Waals surface area contributed by atoms with Gasteiger partial charge in [-0.1, -0.05) is 28.9 Å². The molecule has 3 rings (SSSR count). The zero-order valence-electron chi connectivity index (χ0n) is 11.9. The maximum atomic E-state index is 12.2. The average molecular weight is 403 g/mol. The number of fused-ring (bicyclic) bond motifs is 1. The minimum atomic E-state index is -0.588. The summed E-state index contributed by atoms with van der Waals surface area (Å²) in [5.74, 6) is -0.588. The third kappa shape index (κ3) is 4.05. The van der Waals surface area contributed by atoms with E-state index in [-0.39, 0.29) is 50.3 Å². The molecule has 1 amide bonds. The topological polar surface area (TPSA) is 72.2 Å². The molecular weight excluding hydrogens is 393 g/mol. The van der Waals surface area contributed by atoms with Crippen molar-refractivity contribution in [3.63, 3.8) is 0 Å². The minimum Gasteiger partial charge on any atom is -0.382 e. The summed E-state index contributed by atoms with van der Waals surface area (Å²) in [5, 5.41) is 7.11. The van der Waals surface area contributed by atoms with Crippen molar-refractivity contribution in [3.05, 3.63) is 75.0 Å². The number of aromatic nitrogens is 1. The first-order chi connectivity index (χ1) is 10.6. The van der Waals surface area contributed by atoms with E-state index >= 15 is 0 Å². The summed E-state index contributed by atoms with van der Waals surface area (Å²) >= 11 is 5.79. The molecule has 1 radical (unpaired) electrons. The molecule has 23 heavy (non-hydrogen) atoms. The van der Waals surface area contributed by atoms with E-state index in [2.05, 4.69) is 16.5 Å². The van der Waals surface area contributed by atoms with Gasteiger partial charge in [-0.2, -0.15) is 18.2 Å². The normalized spacial score (nSPS) is 10.1. The summed E-state index contributed by atoms with van der Waals surface area (Å²) < 4.78 is 5.06. The van der Waals surface area contributed by atoms with Crippen LogP contribution in [0.2, 0.25) is 5.02 Å². The summed E-state index contributed by atoms with van der Waals surface area (Å²) in [6.07, 6.45) is 0. The first kappa shape index (κ1) is 17.8. The molecular formula is C16H10ClN2O3Y-. The summed E-state index contributed by atoms with van der Waals surface area (Å²) in [5.41, 5.74) is 0.419. The van der Waals surface area contributed by atoms with Crippen LogP contribution in [0.5, 0.6) is 0 Å². The molecule has 2 aromatic carbocycles. The number of nitrogens with zero attached hydrogens (tertiary/aromatic N) is 1. The summed E-state index contributed by atoms with van der Waals surface area (Å²) in [7, 11) is 0. The zero-order chi connectivity index (χ0) is 15.5. The fourth-order valence-corrected chi connectivity index (χ4v) is 2.08. The number of amides is 1. The van der Waals surface area contributed by atoms with Gasteiger partial charge in [-0.3, -0.25) is 4.79 Å². The van der Waals surface area contributed by atoms with E-state index in [0.29, 0.717) is 10.6 Å². The van der Waals surface area contributed by atoms with Crippen molar-refractivity contribution in [2.75, 3.05) is 0 Å². The van der Waals surface area contributed by atoms with E-state index in [4.69, 9.17) is 16.1 Å². The van der Waals surface area contributed by atoms with Crippen molar-refractivity contribution in [1.29, 1.82) is 0 Å². The Hall–Kier alpha value is -1.56. The van der Waals surface area contributed by atoms with Crippen molar-refractivity contribution in [3.8, 4) is 0 Å². The second-order valence-corrected chi connectivity index (χ2v) is 5.03. The van der Waals surface area contributed by atoms with E-state index < -0.39 is 11.3 Å². The second-order valence-electron chi connectivity index (χ2n) is 4.59. The van der Waals surface area contributed by atoms with Crippen LogP contribution in [-0.4, -0.2) is 11.1 Å². The van der Waals surface area contributed by atoms with Crippen LogP contribution in [0.1, 0.15) is 16.1 Å². The molecule has 0 aliphatic carbocycles. The Morgan fingerprint density at radius 3 is 2.74 bits per heavy atom. The Balaban J connectivity index is 0.00000192. The van der Waals surface area contributed by atoms with Crippen LogP contribution >= 0.6 is 11.6 Å². The number of carbonyl (C=O) groups excluding carboxylic acids is 1. The molecule has 0 fully saturated rings. The van der Waals surface area contributed by atoms with Crippen LogP contribution in [-0.2, 0) is 39.3 Å². The first-order valence-electron chi connectivity index (χ1n) is 6.47. The smallest absolute Gasteiger partial charge is 0.276 e. The summed E-state index contributed by atoms with van der Waals surface area (Å²) in [4.78, 5) is 24.3. The van der Waals surface area contributed by atoms with Crippen LogP contribution in [0.25, 0.3) is 11.0 Å². The number of halogens is 1. The van der Waals surface area contributed by atoms with Gasteiger partial charge in [0.15, 0.2) is 5.43 Å². The van der Waals surface area contributed by atoms with Crippen LogP contribution < -0.4 is 10.7 Å². The number of rotatable bonds is 3. The molecule has 0 saturated carbocycles. The number of benzene rings is 2. The van der Waals surface area contributed by atoms with Gasteiger partial charge < -0.3 is 14.6 Å². The maximum Gasteiger partial charge on any atom is 0.276 e. The van der Waals surface area contributed by atoms with E-state index in [0.717, 1.165) is 5.56 Å². The molecule has 0 atom stereocenters. The Kier molecular flexibility index (Phi) is 6.05. The molecule has 0 saturated heterocycles. The summed E-state index contributed by atoms with van der Waals surface area (Å²) in [6, 6.07) is 14.4. The Labute approximate surface area is 161 Å². The number of nitrogens with one attached hydrogen (secondary N) is 1. The van der Waals surface area contributed by atoms with Crippen molar-refractivity contribution in [1.82, 2.24) is 10.5 Å². The van der Waals surface area contributed by atoms with Crippen LogP contribution in [0.4, 0.5) is 0 Å². The Morgan fingerprint density at radius 1 is 1.26 bits per heavy atom. The van der Waals surface area contributed by atoms with Gasteiger partial charge >= 0.3 is 0 Å². The van der Waals surface area contributed by atoms with Gasteiger partial charge in [-0.15, -0.1) is 6.07 Å². The molecule has 3 aromatic rings. The largest absolute Gasteiger partial charge is 0.382 e. The molecule has 1 aromatic heterocycles. The molecule has 1 heterocycles. The van der Waals surface area contributed by atoms with Crippen molar-refractivity contribution in [2.45, 2.75) is 6.54 Å². The molecule has 113 valence electrons. The molecule has 0 aliphatic heterocycles. The third-order valence-corrected chi connectivity index (χ3v) is 3.35. The average Bonchev–Trinajstić information content (AvgIpc) is 2.55. The second kappa shape index (κ2) is 7.82. The van der Waals surface area contributed by atoms with Gasteiger partial charge in [0.2, 0.25) is 5.69 Å². The molecule has 1 N–H and O–H groups in total. The predicted octanol–water partition coefficient (Wildman–Crippen LogP) is 2.57. The van der Waals surface area contributed by atoms with Crippen LogP contribution in [0, 0.1) is 6.07 Å². The summed E-state index contributed by atoms with van der Waals surface area (Å²) in [6.45, 7) is 0.260. The van der Waals surface area contributed by atoms with Crippen molar-refractivity contribution < 1.29 is 42.0 Å². The first-order valence-corrected chi connectivity index (χ1v) is 6.85. The molecule has 0 aliphatic rings. The van der Waals surface area contributed by atoms with Crippen LogP contribution in [0.15, 0.2) is 51.8 Å². The van der Waals surface area contributed by atoms with Gasteiger partial charge in [0, 0.05) is 44.3 Å². The van der Waals surface area contributed by atoms with E-state index in [1.165, 1.54) is 6.07 Å². The molecule has 7 heteroatoms. The monoisotopic (exact) mass is 402 g/mol. The quantitative estimate of drug-likeness (QED) is 0.684.